The third kappa shape index (κ3) is 6.71. The average Bonchev–Trinajstić information content (AvgIpc) is 3.06. The molecule has 7 heteroatoms. The monoisotopic (exact) mass is 404 g/mol. The van der Waals surface area contributed by atoms with E-state index in [1.807, 2.05) is 31.2 Å². The normalized spacial score (nSPS) is 12.5. The Bertz CT molecular complexity index is 761. The van der Waals surface area contributed by atoms with Crippen molar-refractivity contribution < 1.29 is 9.47 Å². The van der Waals surface area contributed by atoms with Gasteiger partial charge in [-0.1, -0.05) is 19.1 Å². The lowest BCUT2D eigenvalue weighted by molar-refractivity contribution is 0.219. The van der Waals surface area contributed by atoms with Gasteiger partial charge in [0.05, 0.1) is 24.4 Å². The summed E-state index contributed by atoms with van der Waals surface area (Å²) in [5, 5.41) is 7.83. The molecule has 2 N–H and O–H groups in total. The molecule has 2 rings (SSSR count). The number of ether oxygens (including phenoxy) is 2. The quantitative estimate of drug-likeness (QED) is 0.468. The molecule has 0 saturated carbocycles. The van der Waals surface area contributed by atoms with E-state index < -0.39 is 0 Å². The highest BCUT2D eigenvalue weighted by atomic mass is 32.1. The molecule has 6 nitrogen and oxygen atoms in total. The molecular weight excluding hydrogens is 372 g/mol. The van der Waals surface area contributed by atoms with Gasteiger partial charge in [-0.05, 0) is 39.3 Å². The van der Waals surface area contributed by atoms with Crippen LogP contribution in [-0.2, 0) is 12.8 Å². The number of para-hydroxylation sites is 2. The molecule has 0 amide bonds. The fourth-order valence-corrected chi connectivity index (χ4v) is 3.76. The van der Waals surface area contributed by atoms with Gasteiger partial charge < -0.3 is 20.1 Å². The minimum atomic E-state index is -0.0690. The first-order valence-corrected chi connectivity index (χ1v) is 10.7. The van der Waals surface area contributed by atoms with Gasteiger partial charge in [0.25, 0.3) is 0 Å². The van der Waals surface area contributed by atoms with E-state index in [2.05, 4.69) is 36.4 Å². The van der Waals surface area contributed by atoms with Crippen molar-refractivity contribution in [3.63, 3.8) is 0 Å². The topological polar surface area (TPSA) is 67.8 Å². The summed E-state index contributed by atoms with van der Waals surface area (Å²) in [6, 6.07) is 7.66. The van der Waals surface area contributed by atoms with Crippen molar-refractivity contribution in [1.29, 1.82) is 0 Å². The van der Waals surface area contributed by atoms with Gasteiger partial charge in [0.1, 0.15) is 6.10 Å². The Morgan fingerprint density at radius 2 is 1.96 bits per heavy atom. The van der Waals surface area contributed by atoms with Gasteiger partial charge in [-0.15, -0.1) is 11.3 Å². The van der Waals surface area contributed by atoms with E-state index in [-0.39, 0.29) is 6.10 Å². The van der Waals surface area contributed by atoms with Crippen LogP contribution in [-0.4, -0.2) is 43.8 Å². The molecule has 1 atom stereocenters. The number of benzene rings is 1. The maximum atomic E-state index is 5.97. The molecule has 1 heterocycles. The zero-order chi connectivity index (χ0) is 20.4. The molecule has 0 aliphatic rings. The minimum absolute atomic E-state index is 0.0690. The molecule has 0 fully saturated rings. The Hall–Kier alpha value is -2.28. The molecule has 2 aromatic rings. The van der Waals surface area contributed by atoms with E-state index >= 15 is 0 Å². The molecule has 0 radical (unpaired) electrons. The predicted molar refractivity (Wildman–Crippen MR) is 117 cm³/mol. The summed E-state index contributed by atoms with van der Waals surface area (Å²) in [6.07, 6.45) is 1.81. The number of nitrogens with one attached hydrogen (secondary N) is 2. The molecule has 0 aliphatic carbocycles. The van der Waals surface area contributed by atoms with Crippen molar-refractivity contribution in [2.45, 2.75) is 46.6 Å². The number of methoxy groups -OCH3 is 1. The Labute approximate surface area is 172 Å². The maximum Gasteiger partial charge on any atom is 0.191 e. The average molecular weight is 405 g/mol. The summed E-state index contributed by atoms with van der Waals surface area (Å²) in [7, 11) is 1.64. The molecule has 1 aromatic carbocycles. The Kier molecular flexibility index (Phi) is 9.07. The fraction of sp³-hybridized carbons (Fsp3) is 0.524. The standard InChI is InChI=1S/C21H32N4O2S/c1-6-17-16(4)28-20(25-17)12-13-23-21(22-7-2)24-14-15(3)27-19-11-9-8-10-18(19)26-5/h8-11,15H,6-7,12-14H2,1-5H3,(H2,22,23,24). The van der Waals surface area contributed by atoms with Crippen LogP contribution < -0.4 is 20.1 Å². The Morgan fingerprint density at radius 3 is 2.61 bits per heavy atom. The molecule has 1 aromatic heterocycles. The lowest BCUT2D eigenvalue weighted by atomic mass is 10.3. The van der Waals surface area contributed by atoms with Crippen molar-refractivity contribution in [2.75, 3.05) is 26.7 Å². The van der Waals surface area contributed by atoms with Gasteiger partial charge in [0, 0.05) is 24.4 Å². The van der Waals surface area contributed by atoms with Crippen molar-refractivity contribution >= 4 is 17.3 Å². The van der Waals surface area contributed by atoms with Crippen LogP contribution in [0, 0.1) is 6.92 Å². The minimum Gasteiger partial charge on any atom is -0.493 e. The van der Waals surface area contributed by atoms with Gasteiger partial charge >= 0.3 is 0 Å². The first-order chi connectivity index (χ1) is 13.6. The van der Waals surface area contributed by atoms with Crippen molar-refractivity contribution in [3.8, 4) is 11.5 Å². The van der Waals surface area contributed by atoms with Gasteiger partial charge in [0.15, 0.2) is 17.5 Å². The van der Waals surface area contributed by atoms with Crippen LogP contribution in [0.2, 0.25) is 0 Å². The van der Waals surface area contributed by atoms with Crippen LogP contribution in [0.5, 0.6) is 11.5 Å². The maximum absolute atomic E-state index is 5.97. The van der Waals surface area contributed by atoms with Crippen LogP contribution in [0.15, 0.2) is 29.3 Å². The van der Waals surface area contributed by atoms with Gasteiger partial charge in [-0.2, -0.15) is 0 Å². The summed E-state index contributed by atoms with van der Waals surface area (Å²) < 4.78 is 11.3. The smallest absolute Gasteiger partial charge is 0.191 e. The molecule has 0 spiro atoms. The summed E-state index contributed by atoms with van der Waals surface area (Å²) >= 11 is 1.78. The molecule has 0 bridgehead atoms. The van der Waals surface area contributed by atoms with E-state index in [0.29, 0.717) is 6.54 Å². The first kappa shape index (κ1) is 22.0. The second kappa shape index (κ2) is 11.5. The predicted octanol–water partition coefficient (Wildman–Crippen LogP) is 3.59. The lowest BCUT2D eigenvalue weighted by Gasteiger charge is -2.16. The number of rotatable bonds is 10. The van der Waals surface area contributed by atoms with Gasteiger partial charge in [0.2, 0.25) is 0 Å². The fourth-order valence-electron chi connectivity index (χ4n) is 2.74. The van der Waals surface area contributed by atoms with Crippen molar-refractivity contribution in [2.24, 2.45) is 4.99 Å². The first-order valence-electron chi connectivity index (χ1n) is 9.84. The van der Waals surface area contributed by atoms with E-state index in [9.17, 15) is 0 Å². The highest BCUT2D eigenvalue weighted by molar-refractivity contribution is 7.11. The summed E-state index contributed by atoms with van der Waals surface area (Å²) in [5.41, 5.74) is 1.21. The third-order valence-electron chi connectivity index (χ3n) is 4.15. The lowest BCUT2D eigenvalue weighted by Crippen LogP contribution is -2.39. The molecule has 0 saturated heterocycles. The molecule has 28 heavy (non-hydrogen) atoms. The number of nitrogens with zero attached hydrogens (tertiary/aromatic N) is 2. The van der Waals surface area contributed by atoms with Crippen LogP contribution >= 0.6 is 11.3 Å². The second-order valence-electron chi connectivity index (χ2n) is 6.44. The molecular formula is C21H32N4O2S. The summed E-state index contributed by atoms with van der Waals surface area (Å²) in [5.74, 6) is 2.26. The number of thiazole rings is 1. The largest absolute Gasteiger partial charge is 0.493 e. The number of hydrogen-bond acceptors (Lipinski definition) is 5. The number of aliphatic imine (C=N–C) groups is 1. The Balaban J connectivity index is 1.86. The molecule has 0 aliphatic heterocycles. The highest BCUT2D eigenvalue weighted by Crippen LogP contribution is 2.26. The van der Waals surface area contributed by atoms with Crippen LogP contribution in [0.4, 0.5) is 0 Å². The highest BCUT2D eigenvalue weighted by Gasteiger charge is 2.09. The molecule has 154 valence electrons. The summed E-state index contributed by atoms with van der Waals surface area (Å²) in [6.45, 7) is 10.5. The number of guanidine groups is 1. The zero-order valence-corrected chi connectivity index (χ0v) is 18.4. The van der Waals surface area contributed by atoms with E-state index in [1.54, 1.807) is 18.4 Å². The Morgan fingerprint density at radius 1 is 1.21 bits per heavy atom. The number of hydrogen-bond donors (Lipinski definition) is 2. The SMILES string of the molecule is CCNC(=NCC(C)Oc1ccccc1OC)NCCc1nc(CC)c(C)s1. The number of aromatic nitrogens is 1. The van der Waals surface area contributed by atoms with E-state index in [1.165, 1.54) is 15.6 Å². The van der Waals surface area contributed by atoms with Gasteiger partial charge in [-0.3, -0.25) is 0 Å². The zero-order valence-electron chi connectivity index (χ0n) is 17.5. The van der Waals surface area contributed by atoms with Crippen molar-refractivity contribution in [3.05, 3.63) is 39.8 Å². The van der Waals surface area contributed by atoms with E-state index in [0.717, 1.165) is 43.4 Å². The third-order valence-corrected chi connectivity index (χ3v) is 5.22. The number of aryl methyl sites for hydroxylation is 2. The van der Waals surface area contributed by atoms with E-state index in [4.69, 9.17) is 14.5 Å². The van der Waals surface area contributed by atoms with Crippen LogP contribution in [0.1, 0.15) is 36.3 Å². The van der Waals surface area contributed by atoms with Crippen LogP contribution in [0.25, 0.3) is 0 Å². The molecule has 1 unspecified atom stereocenters. The van der Waals surface area contributed by atoms with Gasteiger partial charge in [-0.25, -0.2) is 9.98 Å². The van der Waals surface area contributed by atoms with Crippen molar-refractivity contribution in [1.82, 2.24) is 15.6 Å². The van der Waals surface area contributed by atoms with Crippen LogP contribution in [0.3, 0.4) is 0 Å². The summed E-state index contributed by atoms with van der Waals surface area (Å²) in [4.78, 5) is 10.7. The second-order valence-corrected chi connectivity index (χ2v) is 7.73.